The van der Waals surface area contributed by atoms with Gasteiger partial charge in [-0.05, 0) is 13.0 Å². The average Bonchev–Trinajstić information content (AvgIpc) is 2.53. The van der Waals surface area contributed by atoms with E-state index >= 15 is 0 Å². The molecule has 0 radical (unpaired) electrons. The van der Waals surface area contributed by atoms with Crippen molar-refractivity contribution in [3.8, 4) is 0 Å². The predicted molar refractivity (Wildman–Crippen MR) is 51.9 cm³/mol. The number of hydrogen-bond donors (Lipinski definition) is 1. The van der Waals surface area contributed by atoms with Crippen LogP contribution in [-0.2, 0) is 10.8 Å². The Bertz CT molecular complexity index is 297. The Labute approximate surface area is 80.0 Å². The van der Waals surface area contributed by atoms with Crippen molar-refractivity contribution in [3.05, 3.63) is 24.2 Å². The molecule has 1 aliphatic rings. The molecule has 3 unspecified atom stereocenters. The van der Waals surface area contributed by atoms with Gasteiger partial charge in [-0.3, -0.25) is 4.21 Å². The number of nitrogens with one attached hydrogen (secondary N) is 1. The maximum atomic E-state index is 11.4. The lowest BCUT2D eigenvalue weighted by molar-refractivity contribution is 0.482. The molecule has 1 N–H and O–H groups in total. The molecule has 0 bridgehead atoms. The van der Waals surface area contributed by atoms with Crippen molar-refractivity contribution in [2.45, 2.75) is 19.0 Å². The molecule has 3 atom stereocenters. The van der Waals surface area contributed by atoms with Crippen molar-refractivity contribution in [2.75, 3.05) is 11.5 Å². The molecule has 2 heterocycles. The average molecular weight is 199 g/mol. The van der Waals surface area contributed by atoms with Gasteiger partial charge in [0.25, 0.3) is 0 Å². The second kappa shape index (κ2) is 3.64. The van der Waals surface area contributed by atoms with Crippen molar-refractivity contribution < 1.29 is 8.63 Å². The topological polar surface area (TPSA) is 42.2 Å². The lowest BCUT2D eigenvalue weighted by Gasteiger charge is -2.27. The Morgan fingerprint density at radius 2 is 2.46 bits per heavy atom. The smallest absolute Gasteiger partial charge is 0.0950 e. The third-order valence-corrected chi connectivity index (χ3v) is 3.80. The first-order valence-electron chi connectivity index (χ1n) is 4.39. The van der Waals surface area contributed by atoms with Crippen LogP contribution >= 0.6 is 0 Å². The van der Waals surface area contributed by atoms with Gasteiger partial charge in [0.05, 0.1) is 12.5 Å². The summed E-state index contributed by atoms with van der Waals surface area (Å²) in [6, 6.07) is 2.45. The summed E-state index contributed by atoms with van der Waals surface area (Å²) in [4.78, 5) is 0. The van der Waals surface area contributed by atoms with Gasteiger partial charge in [-0.1, -0.05) is 0 Å². The third-order valence-electron chi connectivity index (χ3n) is 2.22. The van der Waals surface area contributed by atoms with Crippen molar-refractivity contribution in [2.24, 2.45) is 0 Å². The highest BCUT2D eigenvalue weighted by atomic mass is 32.2. The van der Waals surface area contributed by atoms with E-state index in [1.807, 2.05) is 6.07 Å². The van der Waals surface area contributed by atoms with E-state index in [0.29, 0.717) is 11.8 Å². The molecule has 0 aromatic carbocycles. The van der Waals surface area contributed by atoms with E-state index < -0.39 is 10.8 Å². The zero-order chi connectivity index (χ0) is 9.26. The zero-order valence-corrected chi connectivity index (χ0v) is 8.34. The van der Waals surface area contributed by atoms with Gasteiger partial charge in [0.1, 0.15) is 0 Å². The van der Waals surface area contributed by atoms with E-state index in [2.05, 4.69) is 12.2 Å². The Morgan fingerprint density at radius 3 is 3.08 bits per heavy atom. The van der Waals surface area contributed by atoms with E-state index in [1.165, 1.54) is 0 Å². The molecule has 1 aromatic rings. The first kappa shape index (κ1) is 8.97. The molecule has 0 aliphatic carbocycles. The molecule has 2 rings (SSSR count). The zero-order valence-electron chi connectivity index (χ0n) is 7.53. The lowest BCUT2D eigenvalue weighted by Crippen LogP contribution is -2.42. The fourth-order valence-electron chi connectivity index (χ4n) is 1.64. The van der Waals surface area contributed by atoms with Gasteiger partial charge in [0.15, 0.2) is 0 Å². The number of hydrogen-bond acceptors (Lipinski definition) is 3. The molecule has 4 heteroatoms. The Hall–Kier alpha value is -0.610. The molecule has 0 spiro atoms. The molecule has 1 aliphatic heterocycles. The fourth-order valence-corrected chi connectivity index (χ4v) is 3.09. The van der Waals surface area contributed by atoms with Gasteiger partial charge < -0.3 is 9.73 Å². The predicted octanol–water partition coefficient (Wildman–Crippen LogP) is 1.06. The summed E-state index contributed by atoms with van der Waals surface area (Å²) in [7, 11) is -0.689. The third kappa shape index (κ3) is 2.00. The molecule has 0 saturated carbocycles. The molecule has 0 amide bonds. The SMILES string of the molecule is CC1CS(=O)CC(c2ccoc2)N1. The summed E-state index contributed by atoms with van der Waals surface area (Å²) in [5.74, 6) is 1.46. The van der Waals surface area contributed by atoms with Gasteiger partial charge in [0, 0.05) is 40.0 Å². The monoisotopic (exact) mass is 199 g/mol. The fraction of sp³-hybridized carbons (Fsp3) is 0.556. The van der Waals surface area contributed by atoms with Crippen LogP contribution in [0.25, 0.3) is 0 Å². The van der Waals surface area contributed by atoms with E-state index in [-0.39, 0.29) is 6.04 Å². The second-order valence-electron chi connectivity index (χ2n) is 3.45. The molecule has 3 nitrogen and oxygen atoms in total. The van der Waals surface area contributed by atoms with Crippen LogP contribution in [0, 0.1) is 0 Å². The van der Waals surface area contributed by atoms with Crippen molar-refractivity contribution in [1.82, 2.24) is 5.32 Å². The largest absolute Gasteiger partial charge is 0.472 e. The lowest BCUT2D eigenvalue weighted by atomic mass is 10.1. The van der Waals surface area contributed by atoms with Crippen LogP contribution in [-0.4, -0.2) is 21.8 Å². The van der Waals surface area contributed by atoms with Crippen LogP contribution in [0.1, 0.15) is 18.5 Å². The molecule has 1 aromatic heterocycles. The quantitative estimate of drug-likeness (QED) is 0.735. The van der Waals surface area contributed by atoms with Crippen LogP contribution < -0.4 is 5.32 Å². The molecule has 13 heavy (non-hydrogen) atoms. The summed E-state index contributed by atoms with van der Waals surface area (Å²) in [6.07, 6.45) is 3.37. The number of rotatable bonds is 1. The Balaban J connectivity index is 2.12. The van der Waals surface area contributed by atoms with Gasteiger partial charge in [-0.15, -0.1) is 0 Å². The van der Waals surface area contributed by atoms with Crippen LogP contribution in [0.4, 0.5) is 0 Å². The highest BCUT2D eigenvalue weighted by Gasteiger charge is 2.24. The molecular weight excluding hydrogens is 186 g/mol. The van der Waals surface area contributed by atoms with Crippen LogP contribution in [0.2, 0.25) is 0 Å². The van der Waals surface area contributed by atoms with Gasteiger partial charge >= 0.3 is 0 Å². The van der Waals surface area contributed by atoms with E-state index in [4.69, 9.17) is 4.42 Å². The molecule has 1 fully saturated rings. The van der Waals surface area contributed by atoms with Crippen LogP contribution in [0.5, 0.6) is 0 Å². The highest BCUT2D eigenvalue weighted by molar-refractivity contribution is 7.85. The van der Waals surface area contributed by atoms with Gasteiger partial charge in [-0.2, -0.15) is 0 Å². The molecular formula is C9H13NO2S. The van der Waals surface area contributed by atoms with Crippen molar-refractivity contribution in [1.29, 1.82) is 0 Å². The maximum absolute atomic E-state index is 11.4. The highest BCUT2D eigenvalue weighted by Crippen LogP contribution is 2.19. The number of furan rings is 1. The first-order valence-corrected chi connectivity index (χ1v) is 5.87. The summed E-state index contributed by atoms with van der Waals surface area (Å²) < 4.78 is 16.4. The summed E-state index contributed by atoms with van der Waals surface area (Å²) in [5.41, 5.74) is 1.10. The van der Waals surface area contributed by atoms with Gasteiger partial charge in [0.2, 0.25) is 0 Å². The normalized spacial score (nSPS) is 34.7. The summed E-state index contributed by atoms with van der Waals surface area (Å²) >= 11 is 0. The van der Waals surface area contributed by atoms with E-state index in [9.17, 15) is 4.21 Å². The minimum absolute atomic E-state index is 0.198. The Kier molecular flexibility index (Phi) is 2.51. The standard InChI is InChI=1S/C9H13NO2S/c1-7-5-13(11)6-9(10-7)8-2-3-12-4-8/h2-4,7,9-10H,5-6H2,1H3. The first-order chi connectivity index (χ1) is 6.25. The Morgan fingerprint density at radius 1 is 1.62 bits per heavy atom. The minimum Gasteiger partial charge on any atom is -0.472 e. The molecule has 1 saturated heterocycles. The van der Waals surface area contributed by atoms with Crippen LogP contribution in [0.15, 0.2) is 23.0 Å². The van der Waals surface area contributed by atoms with E-state index in [0.717, 1.165) is 11.3 Å². The maximum Gasteiger partial charge on any atom is 0.0950 e. The van der Waals surface area contributed by atoms with E-state index in [1.54, 1.807) is 12.5 Å². The summed E-state index contributed by atoms with van der Waals surface area (Å²) in [6.45, 7) is 2.06. The second-order valence-corrected chi connectivity index (χ2v) is 5.00. The van der Waals surface area contributed by atoms with Crippen molar-refractivity contribution in [3.63, 3.8) is 0 Å². The summed E-state index contributed by atoms with van der Waals surface area (Å²) in [5, 5.41) is 3.40. The molecule has 72 valence electrons. The van der Waals surface area contributed by atoms with Gasteiger partial charge in [-0.25, -0.2) is 0 Å². The minimum atomic E-state index is -0.689. The van der Waals surface area contributed by atoms with Crippen LogP contribution in [0.3, 0.4) is 0 Å². The van der Waals surface area contributed by atoms with Crippen molar-refractivity contribution >= 4 is 10.8 Å².